The fourth-order valence-corrected chi connectivity index (χ4v) is 3.33. The van der Waals surface area contributed by atoms with Gasteiger partial charge in [0.2, 0.25) is 0 Å². The third-order valence-corrected chi connectivity index (χ3v) is 4.41. The summed E-state index contributed by atoms with van der Waals surface area (Å²) in [7, 11) is 0. The number of aromatic amines is 1. The highest BCUT2D eigenvalue weighted by Gasteiger charge is 2.28. The minimum atomic E-state index is -0.738. The Morgan fingerprint density at radius 3 is 2.85 bits per heavy atom. The lowest BCUT2D eigenvalue weighted by Crippen LogP contribution is -2.39. The predicted molar refractivity (Wildman–Crippen MR) is 106 cm³/mol. The molecule has 1 fully saturated rings. The Morgan fingerprint density at radius 1 is 1.41 bits per heavy atom. The SMILES string of the molecule is CC(C)N.Cc1nc(N2CCCC(C(=O)O)C2)c2c(cnc3[nH]ccc32)n1. The molecule has 1 aliphatic heterocycles. The van der Waals surface area contributed by atoms with E-state index in [1.54, 1.807) is 6.20 Å². The largest absolute Gasteiger partial charge is 0.481 e. The van der Waals surface area contributed by atoms with Crippen molar-refractivity contribution in [3.63, 3.8) is 0 Å². The van der Waals surface area contributed by atoms with Gasteiger partial charge in [0.25, 0.3) is 0 Å². The number of carboxylic acid groups (broad SMARTS) is 1. The van der Waals surface area contributed by atoms with Crippen molar-refractivity contribution < 1.29 is 9.90 Å². The van der Waals surface area contributed by atoms with Crippen LogP contribution in [0.4, 0.5) is 5.82 Å². The summed E-state index contributed by atoms with van der Waals surface area (Å²) in [6, 6.07) is 2.30. The molecule has 0 spiro atoms. The number of aliphatic carboxylic acids is 1. The fourth-order valence-electron chi connectivity index (χ4n) is 3.33. The minimum Gasteiger partial charge on any atom is -0.481 e. The first-order valence-electron chi connectivity index (χ1n) is 9.20. The van der Waals surface area contributed by atoms with Crippen LogP contribution in [0.25, 0.3) is 21.9 Å². The van der Waals surface area contributed by atoms with Crippen LogP contribution in [0.1, 0.15) is 32.5 Å². The number of pyridine rings is 1. The van der Waals surface area contributed by atoms with Crippen LogP contribution in [-0.4, -0.2) is 50.1 Å². The van der Waals surface area contributed by atoms with Crippen molar-refractivity contribution in [2.75, 3.05) is 18.0 Å². The Balaban J connectivity index is 0.000000481. The van der Waals surface area contributed by atoms with Crippen LogP contribution in [0.3, 0.4) is 0 Å². The molecule has 1 atom stereocenters. The lowest BCUT2D eigenvalue weighted by molar-refractivity contribution is -0.141. The van der Waals surface area contributed by atoms with E-state index in [1.807, 2.05) is 33.0 Å². The van der Waals surface area contributed by atoms with Crippen LogP contribution in [0.2, 0.25) is 0 Å². The van der Waals surface area contributed by atoms with E-state index in [0.717, 1.165) is 47.1 Å². The van der Waals surface area contributed by atoms with Crippen LogP contribution in [0, 0.1) is 12.8 Å². The standard InChI is InChI=1S/C16H17N5O2.C3H9N/c1-9-19-12-7-18-14-11(4-5-17-14)13(12)15(20-9)21-6-2-3-10(8-21)16(22)23;1-3(2)4/h4-5,7,10H,2-3,6,8H2,1H3,(H,17,18)(H,22,23);3H,4H2,1-2H3. The lowest BCUT2D eigenvalue weighted by Gasteiger charge is -2.32. The van der Waals surface area contributed by atoms with Gasteiger partial charge in [-0.15, -0.1) is 0 Å². The summed E-state index contributed by atoms with van der Waals surface area (Å²) in [5.74, 6) is 0.392. The van der Waals surface area contributed by atoms with E-state index in [2.05, 4.69) is 24.8 Å². The molecule has 144 valence electrons. The second-order valence-corrected chi connectivity index (χ2v) is 7.22. The van der Waals surface area contributed by atoms with E-state index < -0.39 is 5.97 Å². The van der Waals surface area contributed by atoms with E-state index >= 15 is 0 Å². The molecule has 1 aliphatic rings. The van der Waals surface area contributed by atoms with Gasteiger partial charge in [-0.3, -0.25) is 4.79 Å². The summed E-state index contributed by atoms with van der Waals surface area (Å²) in [6.45, 7) is 7.03. The summed E-state index contributed by atoms with van der Waals surface area (Å²) >= 11 is 0. The van der Waals surface area contributed by atoms with Crippen molar-refractivity contribution in [3.8, 4) is 0 Å². The summed E-state index contributed by atoms with van der Waals surface area (Å²) in [5.41, 5.74) is 6.69. The maximum absolute atomic E-state index is 11.4. The van der Waals surface area contributed by atoms with Gasteiger partial charge in [-0.1, -0.05) is 13.8 Å². The minimum absolute atomic E-state index is 0.333. The topological polar surface area (TPSA) is 121 Å². The highest BCUT2D eigenvalue weighted by Crippen LogP contribution is 2.32. The molecule has 0 aromatic carbocycles. The molecule has 1 saturated heterocycles. The van der Waals surface area contributed by atoms with Crippen LogP contribution in [0.15, 0.2) is 18.5 Å². The van der Waals surface area contributed by atoms with Crippen LogP contribution >= 0.6 is 0 Å². The average molecular weight is 370 g/mol. The molecule has 8 nitrogen and oxygen atoms in total. The number of carbonyl (C=O) groups is 1. The number of aromatic nitrogens is 4. The number of hydrogen-bond acceptors (Lipinski definition) is 6. The molecule has 0 aliphatic carbocycles. The summed E-state index contributed by atoms with van der Waals surface area (Å²) in [5, 5.41) is 11.2. The normalized spacial score (nSPS) is 17.2. The van der Waals surface area contributed by atoms with Crippen molar-refractivity contribution in [1.29, 1.82) is 0 Å². The Kier molecular flexibility index (Phi) is 5.55. The number of carboxylic acids is 1. The molecule has 4 N–H and O–H groups in total. The molecule has 3 aromatic heterocycles. The highest BCUT2D eigenvalue weighted by molar-refractivity contribution is 6.09. The van der Waals surface area contributed by atoms with Crippen LogP contribution in [-0.2, 0) is 4.79 Å². The number of fused-ring (bicyclic) bond motifs is 3. The van der Waals surface area contributed by atoms with Gasteiger partial charge < -0.3 is 20.7 Å². The number of hydrogen-bond donors (Lipinski definition) is 3. The molecule has 4 rings (SSSR count). The third-order valence-electron chi connectivity index (χ3n) is 4.41. The molecule has 27 heavy (non-hydrogen) atoms. The summed E-state index contributed by atoms with van der Waals surface area (Å²) in [6.07, 6.45) is 5.15. The molecule has 1 unspecified atom stereocenters. The fraction of sp³-hybridized carbons (Fsp3) is 0.474. The molecular formula is C19H26N6O2. The van der Waals surface area contributed by atoms with Gasteiger partial charge in [-0.2, -0.15) is 0 Å². The van der Waals surface area contributed by atoms with Gasteiger partial charge in [-0.05, 0) is 31.9 Å². The van der Waals surface area contributed by atoms with Crippen molar-refractivity contribution in [3.05, 3.63) is 24.3 Å². The first kappa shape index (κ1) is 19.0. The highest BCUT2D eigenvalue weighted by atomic mass is 16.4. The molecular weight excluding hydrogens is 344 g/mol. The predicted octanol–water partition coefficient (Wildman–Crippen LogP) is 2.47. The van der Waals surface area contributed by atoms with Crippen LogP contribution < -0.4 is 10.6 Å². The third kappa shape index (κ3) is 4.16. The zero-order valence-corrected chi connectivity index (χ0v) is 15.9. The smallest absolute Gasteiger partial charge is 0.308 e. The molecule has 4 heterocycles. The Hall–Kier alpha value is -2.74. The van der Waals surface area contributed by atoms with Crippen molar-refractivity contribution >= 4 is 33.7 Å². The van der Waals surface area contributed by atoms with Crippen LogP contribution in [0.5, 0.6) is 0 Å². The molecule has 3 aromatic rings. The van der Waals surface area contributed by atoms with E-state index in [-0.39, 0.29) is 5.92 Å². The van der Waals surface area contributed by atoms with E-state index in [4.69, 9.17) is 5.73 Å². The van der Waals surface area contributed by atoms with E-state index in [9.17, 15) is 9.90 Å². The molecule has 0 radical (unpaired) electrons. The number of piperidine rings is 1. The Labute approximate surface area is 157 Å². The first-order chi connectivity index (χ1) is 12.9. The van der Waals surface area contributed by atoms with Crippen molar-refractivity contribution in [1.82, 2.24) is 19.9 Å². The second-order valence-electron chi connectivity index (χ2n) is 7.22. The second kappa shape index (κ2) is 7.87. The van der Waals surface area contributed by atoms with Crippen molar-refractivity contribution in [2.24, 2.45) is 11.7 Å². The van der Waals surface area contributed by atoms with E-state index in [0.29, 0.717) is 18.4 Å². The number of H-pyrrole nitrogens is 1. The molecule has 0 saturated carbocycles. The lowest BCUT2D eigenvalue weighted by atomic mass is 9.98. The number of nitrogens with zero attached hydrogens (tertiary/aromatic N) is 4. The number of rotatable bonds is 2. The molecule has 0 amide bonds. The number of nitrogens with one attached hydrogen (secondary N) is 1. The van der Waals surface area contributed by atoms with Gasteiger partial charge in [0.1, 0.15) is 17.3 Å². The maximum atomic E-state index is 11.4. The van der Waals surface area contributed by atoms with Gasteiger partial charge in [0.15, 0.2) is 0 Å². The summed E-state index contributed by atoms with van der Waals surface area (Å²) in [4.78, 5) is 30.0. The van der Waals surface area contributed by atoms with Gasteiger partial charge >= 0.3 is 5.97 Å². The first-order valence-corrected chi connectivity index (χ1v) is 9.20. The molecule has 0 bridgehead atoms. The van der Waals surface area contributed by atoms with Gasteiger partial charge in [0.05, 0.1) is 23.0 Å². The average Bonchev–Trinajstić information content (AvgIpc) is 3.09. The number of aryl methyl sites for hydroxylation is 1. The Bertz CT molecular complexity index is 949. The molecule has 8 heteroatoms. The van der Waals surface area contributed by atoms with Gasteiger partial charge in [-0.25, -0.2) is 15.0 Å². The number of anilines is 1. The summed E-state index contributed by atoms with van der Waals surface area (Å²) < 4.78 is 0. The zero-order valence-electron chi connectivity index (χ0n) is 15.9. The van der Waals surface area contributed by atoms with Gasteiger partial charge in [0, 0.05) is 24.7 Å². The van der Waals surface area contributed by atoms with E-state index in [1.165, 1.54) is 0 Å². The zero-order chi connectivity index (χ0) is 19.6. The monoisotopic (exact) mass is 370 g/mol. The Morgan fingerprint density at radius 2 is 2.15 bits per heavy atom. The number of nitrogens with two attached hydrogens (primary N) is 1. The maximum Gasteiger partial charge on any atom is 0.308 e. The van der Waals surface area contributed by atoms with Crippen molar-refractivity contribution in [2.45, 2.75) is 39.7 Å². The quantitative estimate of drug-likeness (QED) is 0.633.